The second-order valence-electron chi connectivity index (χ2n) is 8.77. The topological polar surface area (TPSA) is 120 Å². The number of hydrogen-bond donors (Lipinski definition) is 3. The number of benzene rings is 2. The number of azo groups is 1. The van der Waals surface area contributed by atoms with E-state index in [-0.39, 0.29) is 24.1 Å². The average Bonchev–Trinajstić information content (AvgIpc) is 2.91. The number of aryl methyl sites for hydroxylation is 1. The highest BCUT2D eigenvalue weighted by Gasteiger charge is 2.17. The second-order valence-corrected chi connectivity index (χ2v) is 8.77. The standard InChI is InChI=1S/C27H27FN8O2/c1-18-11-23(14-24(37)12-18)33-20-4-2-3-19(13-20)32-22-6-5-21(29-15-22)16-31-35-27-30-17-25(28)26(34-27)36-7-9-38-10-8-36/h2-6,11-15,17,32-33,37H,7-10,16H2,1H3. The van der Waals surface area contributed by atoms with E-state index in [9.17, 15) is 9.50 Å². The van der Waals surface area contributed by atoms with Crippen molar-refractivity contribution in [1.82, 2.24) is 15.0 Å². The van der Waals surface area contributed by atoms with Crippen molar-refractivity contribution in [2.45, 2.75) is 13.5 Å². The first-order chi connectivity index (χ1) is 18.5. The molecule has 0 bridgehead atoms. The summed E-state index contributed by atoms with van der Waals surface area (Å²) in [6.45, 7) is 4.34. The van der Waals surface area contributed by atoms with Gasteiger partial charge in [-0.2, -0.15) is 10.1 Å². The number of rotatable bonds is 8. The Hall–Kier alpha value is -4.64. The molecule has 0 unspecified atom stereocenters. The highest BCUT2D eigenvalue weighted by atomic mass is 19.1. The van der Waals surface area contributed by atoms with Crippen LogP contribution in [0.25, 0.3) is 0 Å². The predicted octanol–water partition coefficient (Wildman–Crippen LogP) is 5.63. The summed E-state index contributed by atoms with van der Waals surface area (Å²) in [6, 6.07) is 16.9. The molecule has 4 aromatic rings. The first kappa shape index (κ1) is 25.0. The Morgan fingerprint density at radius 1 is 0.947 bits per heavy atom. The number of aromatic nitrogens is 3. The van der Waals surface area contributed by atoms with Crippen LogP contribution in [-0.2, 0) is 11.3 Å². The van der Waals surface area contributed by atoms with Crippen molar-refractivity contribution in [3.05, 3.63) is 84.1 Å². The summed E-state index contributed by atoms with van der Waals surface area (Å²) in [7, 11) is 0. The molecule has 1 fully saturated rings. The van der Waals surface area contributed by atoms with Crippen molar-refractivity contribution in [3.8, 4) is 5.75 Å². The summed E-state index contributed by atoms with van der Waals surface area (Å²) in [4.78, 5) is 14.4. The fourth-order valence-corrected chi connectivity index (χ4v) is 4.00. The Balaban J connectivity index is 1.18. The molecule has 2 aromatic carbocycles. The molecule has 11 heteroatoms. The van der Waals surface area contributed by atoms with Crippen molar-refractivity contribution in [2.75, 3.05) is 41.8 Å². The molecular formula is C27H27FN8O2. The Kier molecular flexibility index (Phi) is 7.65. The summed E-state index contributed by atoms with van der Waals surface area (Å²) in [6.07, 6.45) is 2.83. The van der Waals surface area contributed by atoms with Crippen molar-refractivity contribution < 1.29 is 14.2 Å². The number of pyridine rings is 1. The van der Waals surface area contributed by atoms with Crippen LogP contribution in [0.15, 0.2) is 77.2 Å². The van der Waals surface area contributed by atoms with E-state index in [1.165, 1.54) is 0 Å². The lowest BCUT2D eigenvalue weighted by Gasteiger charge is -2.27. The first-order valence-electron chi connectivity index (χ1n) is 12.1. The number of halogens is 1. The number of nitrogens with one attached hydrogen (secondary N) is 2. The van der Waals surface area contributed by atoms with E-state index in [1.54, 1.807) is 18.3 Å². The number of nitrogens with zero attached hydrogens (tertiary/aromatic N) is 6. The number of morpholine rings is 1. The highest BCUT2D eigenvalue weighted by Crippen LogP contribution is 2.26. The molecule has 0 spiro atoms. The Labute approximate surface area is 219 Å². The maximum absolute atomic E-state index is 14.2. The minimum atomic E-state index is -0.494. The van der Waals surface area contributed by atoms with Gasteiger partial charge >= 0.3 is 0 Å². The monoisotopic (exact) mass is 514 g/mol. The minimum Gasteiger partial charge on any atom is -0.508 e. The number of anilines is 5. The Morgan fingerprint density at radius 3 is 2.47 bits per heavy atom. The van der Waals surface area contributed by atoms with Crippen LogP contribution in [-0.4, -0.2) is 46.4 Å². The van der Waals surface area contributed by atoms with Gasteiger partial charge in [0.25, 0.3) is 5.95 Å². The van der Waals surface area contributed by atoms with Gasteiger partial charge in [-0.1, -0.05) is 6.07 Å². The zero-order chi connectivity index (χ0) is 26.3. The molecule has 3 heterocycles. The van der Waals surface area contributed by atoms with Gasteiger partial charge in [-0.15, -0.1) is 5.11 Å². The molecule has 0 saturated carbocycles. The molecule has 0 amide bonds. The van der Waals surface area contributed by atoms with Gasteiger partial charge in [0, 0.05) is 36.2 Å². The number of phenolic OH excluding ortho intramolecular Hbond substituents is 1. The number of ether oxygens (including phenoxy) is 1. The summed E-state index contributed by atoms with van der Waals surface area (Å²) in [5.74, 6) is 0.0319. The third-order valence-electron chi connectivity index (χ3n) is 5.74. The van der Waals surface area contributed by atoms with Gasteiger partial charge in [0.15, 0.2) is 11.6 Å². The van der Waals surface area contributed by atoms with E-state index >= 15 is 0 Å². The van der Waals surface area contributed by atoms with Gasteiger partial charge < -0.3 is 25.4 Å². The molecule has 0 radical (unpaired) electrons. The lowest BCUT2D eigenvalue weighted by atomic mass is 10.2. The zero-order valence-electron chi connectivity index (χ0n) is 20.8. The fourth-order valence-electron chi connectivity index (χ4n) is 4.00. The van der Waals surface area contributed by atoms with Gasteiger partial charge in [0.2, 0.25) is 0 Å². The summed E-state index contributed by atoms with van der Waals surface area (Å²) in [5, 5.41) is 24.6. The summed E-state index contributed by atoms with van der Waals surface area (Å²) >= 11 is 0. The van der Waals surface area contributed by atoms with Crippen LogP contribution in [0.3, 0.4) is 0 Å². The average molecular weight is 515 g/mol. The molecule has 38 heavy (non-hydrogen) atoms. The lowest BCUT2D eigenvalue weighted by Crippen LogP contribution is -2.37. The quantitative estimate of drug-likeness (QED) is 0.259. The smallest absolute Gasteiger partial charge is 0.270 e. The maximum atomic E-state index is 14.2. The SMILES string of the molecule is Cc1cc(O)cc(Nc2cccc(Nc3ccc(CN=Nc4ncc(F)c(N5CCOCC5)n4)nc3)c2)c1. The van der Waals surface area contributed by atoms with Gasteiger partial charge in [0.05, 0.1) is 37.0 Å². The van der Waals surface area contributed by atoms with Crippen LogP contribution in [0.1, 0.15) is 11.3 Å². The molecule has 5 rings (SSSR count). The molecule has 1 saturated heterocycles. The maximum Gasteiger partial charge on any atom is 0.270 e. The van der Waals surface area contributed by atoms with Crippen molar-refractivity contribution in [2.24, 2.45) is 10.2 Å². The van der Waals surface area contributed by atoms with E-state index in [4.69, 9.17) is 4.74 Å². The molecule has 194 valence electrons. The fraction of sp³-hybridized carbons (Fsp3) is 0.222. The molecule has 0 atom stereocenters. The normalized spacial score (nSPS) is 13.6. The number of aromatic hydroxyl groups is 1. The van der Waals surface area contributed by atoms with Crippen LogP contribution in [0.4, 0.5) is 38.9 Å². The highest BCUT2D eigenvalue weighted by molar-refractivity contribution is 5.69. The summed E-state index contributed by atoms with van der Waals surface area (Å²) in [5.41, 5.74) is 5.06. The largest absolute Gasteiger partial charge is 0.508 e. The third kappa shape index (κ3) is 6.56. The van der Waals surface area contributed by atoms with Gasteiger partial charge in [-0.25, -0.2) is 9.37 Å². The van der Waals surface area contributed by atoms with Crippen LogP contribution in [0, 0.1) is 12.7 Å². The van der Waals surface area contributed by atoms with Crippen molar-refractivity contribution in [1.29, 1.82) is 0 Å². The zero-order valence-corrected chi connectivity index (χ0v) is 20.8. The molecule has 2 aromatic heterocycles. The Morgan fingerprint density at radius 2 is 1.74 bits per heavy atom. The van der Waals surface area contributed by atoms with E-state index in [1.807, 2.05) is 54.3 Å². The number of hydrogen-bond acceptors (Lipinski definition) is 10. The molecule has 1 aliphatic rings. The van der Waals surface area contributed by atoms with E-state index < -0.39 is 5.82 Å². The first-order valence-corrected chi connectivity index (χ1v) is 12.1. The number of phenols is 1. The van der Waals surface area contributed by atoms with Crippen molar-refractivity contribution in [3.63, 3.8) is 0 Å². The van der Waals surface area contributed by atoms with Crippen LogP contribution in [0.5, 0.6) is 5.75 Å². The third-order valence-corrected chi connectivity index (χ3v) is 5.74. The summed E-state index contributed by atoms with van der Waals surface area (Å²) < 4.78 is 19.5. The molecule has 0 aliphatic carbocycles. The van der Waals surface area contributed by atoms with Crippen LogP contribution < -0.4 is 15.5 Å². The molecule has 1 aliphatic heterocycles. The minimum absolute atomic E-state index is 0.0977. The van der Waals surface area contributed by atoms with E-state index in [2.05, 4.69) is 35.8 Å². The van der Waals surface area contributed by atoms with Gasteiger partial charge in [-0.05, 0) is 55.0 Å². The van der Waals surface area contributed by atoms with Crippen LogP contribution >= 0.6 is 0 Å². The van der Waals surface area contributed by atoms with E-state index in [0.717, 1.165) is 34.5 Å². The Bertz CT molecular complexity index is 1410. The molecule has 3 N–H and O–H groups in total. The lowest BCUT2D eigenvalue weighted by molar-refractivity contribution is 0.122. The second kappa shape index (κ2) is 11.6. The van der Waals surface area contributed by atoms with Gasteiger partial charge in [-0.3, -0.25) is 4.98 Å². The predicted molar refractivity (Wildman–Crippen MR) is 143 cm³/mol. The van der Waals surface area contributed by atoms with E-state index in [0.29, 0.717) is 32.0 Å². The molecule has 10 nitrogen and oxygen atoms in total. The van der Waals surface area contributed by atoms with Crippen molar-refractivity contribution >= 4 is 34.5 Å². The van der Waals surface area contributed by atoms with Gasteiger partial charge in [0.1, 0.15) is 12.3 Å². The molecular weight excluding hydrogens is 487 g/mol. The van der Waals surface area contributed by atoms with Crippen LogP contribution in [0.2, 0.25) is 0 Å².